The lowest BCUT2D eigenvalue weighted by atomic mass is 10.1. The standard InChI is InChI=1S/C14H22N2O/c1-12-3-5-13(6-4-12)9-15-10-14-11-16(2)7-8-17-14/h3-6,14-15H,7-11H2,1-2H3. The average Bonchev–Trinajstić information content (AvgIpc) is 2.32. The van der Waals surface area contributed by atoms with E-state index in [-0.39, 0.29) is 0 Å². The molecule has 1 saturated heterocycles. The van der Waals surface area contributed by atoms with Crippen LogP contribution in [0.1, 0.15) is 11.1 Å². The highest BCUT2D eigenvalue weighted by Gasteiger charge is 2.16. The van der Waals surface area contributed by atoms with Crippen molar-refractivity contribution in [2.75, 3.05) is 33.3 Å². The normalized spacial score (nSPS) is 21.6. The molecule has 1 N–H and O–H groups in total. The first-order valence-corrected chi connectivity index (χ1v) is 6.30. The smallest absolute Gasteiger partial charge is 0.0826 e. The van der Waals surface area contributed by atoms with Crippen molar-refractivity contribution in [1.82, 2.24) is 10.2 Å². The van der Waals surface area contributed by atoms with E-state index in [1.165, 1.54) is 11.1 Å². The van der Waals surface area contributed by atoms with Gasteiger partial charge in [0.05, 0.1) is 12.7 Å². The summed E-state index contributed by atoms with van der Waals surface area (Å²) in [5.41, 5.74) is 2.64. The molecule has 0 radical (unpaired) electrons. The molecule has 1 aliphatic rings. The van der Waals surface area contributed by atoms with Crippen LogP contribution in [0.25, 0.3) is 0 Å². The van der Waals surface area contributed by atoms with Crippen molar-refractivity contribution in [2.24, 2.45) is 0 Å². The molecule has 1 aromatic carbocycles. The van der Waals surface area contributed by atoms with E-state index in [2.05, 4.69) is 48.5 Å². The monoisotopic (exact) mass is 234 g/mol. The molecule has 0 bridgehead atoms. The Balaban J connectivity index is 1.70. The zero-order chi connectivity index (χ0) is 12.1. The largest absolute Gasteiger partial charge is 0.374 e. The van der Waals surface area contributed by atoms with Gasteiger partial charge in [-0.1, -0.05) is 29.8 Å². The summed E-state index contributed by atoms with van der Waals surface area (Å²) in [6, 6.07) is 8.66. The summed E-state index contributed by atoms with van der Waals surface area (Å²) < 4.78 is 5.70. The Bertz CT molecular complexity index is 337. The molecule has 0 saturated carbocycles. The molecule has 0 aromatic heterocycles. The summed E-state index contributed by atoms with van der Waals surface area (Å²) in [6.45, 7) is 6.90. The highest BCUT2D eigenvalue weighted by molar-refractivity contribution is 5.21. The number of hydrogen-bond donors (Lipinski definition) is 1. The number of nitrogens with zero attached hydrogens (tertiary/aromatic N) is 1. The van der Waals surface area contributed by atoms with E-state index in [4.69, 9.17) is 4.74 Å². The number of nitrogens with one attached hydrogen (secondary N) is 1. The minimum Gasteiger partial charge on any atom is -0.374 e. The third-order valence-electron chi connectivity index (χ3n) is 3.16. The van der Waals surface area contributed by atoms with Crippen LogP contribution < -0.4 is 5.32 Å². The van der Waals surface area contributed by atoms with E-state index >= 15 is 0 Å². The predicted molar refractivity (Wildman–Crippen MR) is 70.1 cm³/mol. The van der Waals surface area contributed by atoms with E-state index < -0.39 is 0 Å². The van der Waals surface area contributed by atoms with Crippen molar-refractivity contribution in [1.29, 1.82) is 0 Å². The highest BCUT2D eigenvalue weighted by atomic mass is 16.5. The minimum absolute atomic E-state index is 0.333. The van der Waals surface area contributed by atoms with Crippen molar-refractivity contribution >= 4 is 0 Å². The fraction of sp³-hybridized carbons (Fsp3) is 0.571. The van der Waals surface area contributed by atoms with Crippen LogP contribution in [0.15, 0.2) is 24.3 Å². The van der Waals surface area contributed by atoms with Gasteiger partial charge in [-0.2, -0.15) is 0 Å². The second-order valence-electron chi connectivity index (χ2n) is 4.87. The third kappa shape index (κ3) is 4.11. The average molecular weight is 234 g/mol. The van der Waals surface area contributed by atoms with Gasteiger partial charge < -0.3 is 15.0 Å². The van der Waals surface area contributed by atoms with E-state index in [0.29, 0.717) is 6.10 Å². The topological polar surface area (TPSA) is 24.5 Å². The Morgan fingerprint density at radius 1 is 1.35 bits per heavy atom. The summed E-state index contributed by atoms with van der Waals surface area (Å²) in [4.78, 5) is 2.32. The van der Waals surface area contributed by atoms with Gasteiger partial charge >= 0.3 is 0 Å². The second kappa shape index (κ2) is 6.15. The third-order valence-corrected chi connectivity index (χ3v) is 3.16. The van der Waals surface area contributed by atoms with Crippen LogP contribution in [-0.2, 0) is 11.3 Å². The second-order valence-corrected chi connectivity index (χ2v) is 4.87. The molecule has 0 amide bonds. The van der Waals surface area contributed by atoms with Gasteiger partial charge in [-0.15, -0.1) is 0 Å². The maximum atomic E-state index is 5.70. The van der Waals surface area contributed by atoms with Crippen molar-refractivity contribution in [3.8, 4) is 0 Å². The number of likely N-dealkylation sites (N-methyl/N-ethyl adjacent to an activating group) is 1. The van der Waals surface area contributed by atoms with E-state index in [0.717, 1.165) is 32.8 Å². The summed E-state index contributed by atoms with van der Waals surface area (Å²) in [6.07, 6.45) is 0.333. The van der Waals surface area contributed by atoms with E-state index in [1.54, 1.807) is 0 Å². The van der Waals surface area contributed by atoms with Crippen LogP contribution in [0.4, 0.5) is 0 Å². The fourth-order valence-electron chi connectivity index (χ4n) is 2.07. The first kappa shape index (κ1) is 12.6. The van der Waals surface area contributed by atoms with E-state index in [1.807, 2.05) is 0 Å². The Morgan fingerprint density at radius 2 is 2.12 bits per heavy atom. The van der Waals surface area contributed by atoms with Crippen molar-refractivity contribution in [2.45, 2.75) is 19.6 Å². The first-order valence-electron chi connectivity index (χ1n) is 6.30. The molecule has 94 valence electrons. The lowest BCUT2D eigenvalue weighted by molar-refractivity contribution is -0.0182. The van der Waals surface area contributed by atoms with Crippen LogP contribution >= 0.6 is 0 Å². The molecule has 1 aliphatic heterocycles. The molecule has 3 heteroatoms. The maximum Gasteiger partial charge on any atom is 0.0826 e. The van der Waals surface area contributed by atoms with Gasteiger partial charge in [0.2, 0.25) is 0 Å². The molecule has 0 spiro atoms. The molecule has 1 aromatic rings. The van der Waals surface area contributed by atoms with Crippen LogP contribution in [0, 0.1) is 6.92 Å². The van der Waals surface area contributed by atoms with Gasteiger partial charge in [0.15, 0.2) is 0 Å². The summed E-state index contributed by atoms with van der Waals surface area (Å²) >= 11 is 0. The van der Waals surface area contributed by atoms with Gasteiger partial charge in [0, 0.05) is 26.2 Å². The van der Waals surface area contributed by atoms with Crippen molar-refractivity contribution < 1.29 is 4.74 Å². The van der Waals surface area contributed by atoms with Crippen LogP contribution in [0.2, 0.25) is 0 Å². The van der Waals surface area contributed by atoms with Gasteiger partial charge in [-0.25, -0.2) is 0 Å². The number of ether oxygens (including phenoxy) is 1. The maximum absolute atomic E-state index is 5.70. The fourth-order valence-corrected chi connectivity index (χ4v) is 2.07. The first-order chi connectivity index (χ1) is 8.24. The zero-order valence-corrected chi connectivity index (χ0v) is 10.8. The van der Waals surface area contributed by atoms with Crippen LogP contribution in [0.5, 0.6) is 0 Å². The lowest BCUT2D eigenvalue weighted by Crippen LogP contribution is -2.44. The quantitative estimate of drug-likeness (QED) is 0.852. The van der Waals surface area contributed by atoms with Gasteiger partial charge in [0.25, 0.3) is 0 Å². The van der Waals surface area contributed by atoms with Crippen LogP contribution in [0.3, 0.4) is 0 Å². The van der Waals surface area contributed by atoms with Crippen molar-refractivity contribution in [3.05, 3.63) is 35.4 Å². The number of morpholine rings is 1. The Labute approximate surface area is 104 Å². The number of benzene rings is 1. The molecule has 1 unspecified atom stereocenters. The summed E-state index contributed by atoms with van der Waals surface area (Å²) in [5, 5.41) is 3.46. The predicted octanol–water partition coefficient (Wildman–Crippen LogP) is 1.42. The molecule has 3 nitrogen and oxygen atoms in total. The molecule has 2 rings (SSSR count). The highest BCUT2D eigenvalue weighted by Crippen LogP contribution is 2.04. The van der Waals surface area contributed by atoms with Crippen LogP contribution in [-0.4, -0.2) is 44.3 Å². The molecule has 0 aliphatic carbocycles. The molecule has 1 heterocycles. The summed E-state index contributed by atoms with van der Waals surface area (Å²) in [7, 11) is 2.15. The van der Waals surface area contributed by atoms with Gasteiger partial charge in [0.1, 0.15) is 0 Å². The number of hydrogen-bond acceptors (Lipinski definition) is 3. The molecule has 17 heavy (non-hydrogen) atoms. The molecule has 1 fully saturated rings. The summed E-state index contributed by atoms with van der Waals surface area (Å²) in [5.74, 6) is 0. The van der Waals surface area contributed by atoms with Gasteiger partial charge in [-0.05, 0) is 19.5 Å². The molecule has 1 atom stereocenters. The number of aryl methyl sites for hydroxylation is 1. The van der Waals surface area contributed by atoms with Crippen molar-refractivity contribution in [3.63, 3.8) is 0 Å². The van der Waals surface area contributed by atoms with Gasteiger partial charge in [-0.3, -0.25) is 0 Å². The number of rotatable bonds is 4. The molecular formula is C14H22N2O. The molecular weight excluding hydrogens is 212 g/mol. The SMILES string of the molecule is Cc1ccc(CNCC2CN(C)CCO2)cc1. The minimum atomic E-state index is 0.333. The Hall–Kier alpha value is -0.900. The van der Waals surface area contributed by atoms with E-state index in [9.17, 15) is 0 Å². The zero-order valence-electron chi connectivity index (χ0n) is 10.8. The Morgan fingerprint density at radius 3 is 2.82 bits per heavy atom. The Kier molecular flexibility index (Phi) is 4.54. The lowest BCUT2D eigenvalue weighted by Gasteiger charge is -2.30.